The largest absolute Gasteiger partial charge is 0.321 e. The van der Waals surface area contributed by atoms with Gasteiger partial charge in [0.15, 0.2) is 6.04 Å². The van der Waals surface area contributed by atoms with E-state index < -0.39 is 0 Å². The number of amides is 1. The molecule has 1 atom stereocenters. The molecule has 1 amide bonds. The molecule has 2 N–H and O–H groups in total. The predicted molar refractivity (Wildman–Crippen MR) is 98.9 cm³/mol. The summed E-state index contributed by atoms with van der Waals surface area (Å²) in [5.74, 6) is -0.0278. The van der Waals surface area contributed by atoms with Crippen LogP contribution in [0.5, 0.6) is 0 Å². The van der Waals surface area contributed by atoms with E-state index in [1.165, 1.54) is 4.90 Å². The Bertz CT molecular complexity index is 725. The molecule has 1 aliphatic rings. The Balaban J connectivity index is 1.89. The van der Waals surface area contributed by atoms with Crippen molar-refractivity contribution >= 4 is 34.8 Å². The molecular weight excluding hydrogens is 343 g/mol. The zero-order valence-corrected chi connectivity index (χ0v) is 15.1. The number of quaternary nitrogens is 1. The lowest BCUT2D eigenvalue weighted by Gasteiger charge is -2.25. The second-order valence-electron chi connectivity index (χ2n) is 6.32. The van der Waals surface area contributed by atoms with Gasteiger partial charge in [-0.3, -0.25) is 4.79 Å². The lowest BCUT2D eigenvalue weighted by molar-refractivity contribution is -0.909. The standard InChI is InChI=1S/C19H20Cl2N2O/c1-13-4-7-15(8-5-13)22-19(24)18(23-10-2-3-11-23)16-9-6-14(20)12-17(16)21/h4-9,12,18H,2-3,10-11H2,1H3,(H,22,24)/p+1/t18-/m1/s1. The Hall–Kier alpha value is -1.55. The van der Waals surface area contributed by atoms with Crippen LogP contribution in [0.2, 0.25) is 10.0 Å². The molecular formula is C19H21Cl2N2O+. The van der Waals surface area contributed by atoms with Crippen molar-refractivity contribution in [3.05, 3.63) is 63.6 Å². The summed E-state index contributed by atoms with van der Waals surface area (Å²) in [5.41, 5.74) is 2.80. The first kappa shape index (κ1) is 17.3. The molecule has 1 saturated heterocycles. The van der Waals surface area contributed by atoms with E-state index in [9.17, 15) is 4.79 Å². The third kappa shape index (κ3) is 3.92. The first-order chi connectivity index (χ1) is 11.5. The average Bonchev–Trinajstić information content (AvgIpc) is 3.06. The highest BCUT2D eigenvalue weighted by molar-refractivity contribution is 6.35. The molecule has 2 aromatic carbocycles. The average molecular weight is 364 g/mol. The van der Waals surface area contributed by atoms with E-state index in [-0.39, 0.29) is 11.9 Å². The molecule has 1 aliphatic heterocycles. The van der Waals surface area contributed by atoms with Gasteiger partial charge in [0.25, 0.3) is 5.91 Å². The first-order valence-electron chi connectivity index (χ1n) is 8.21. The van der Waals surface area contributed by atoms with Gasteiger partial charge in [0.2, 0.25) is 0 Å². The number of hydrogen-bond acceptors (Lipinski definition) is 1. The van der Waals surface area contributed by atoms with Crippen LogP contribution in [0.15, 0.2) is 42.5 Å². The molecule has 0 aromatic heterocycles. The fourth-order valence-electron chi connectivity index (χ4n) is 3.25. The van der Waals surface area contributed by atoms with Gasteiger partial charge in [-0.05, 0) is 37.3 Å². The Kier molecular flexibility index (Phi) is 5.44. The Morgan fingerprint density at radius 2 is 1.75 bits per heavy atom. The first-order valence-corrected chi connectivity index (χ1v) is 8.97. The number of benzene rings is 2. The van der Waals surface area contributed by atoms with Crippen LogP contribution in [-0.2, 0) is 4.79 Å². The highest BCUT2D eigenvalue weighted by Crippen LogP contribution is 2.26. The summed E-state index contributed by atoms with van der Waals surface area (Å²) in [6.07, 6.45) is 2.27. The molecule has 1 fully saturated rings. The lowest BCUT2D eigenvalue weighted by atomic mass is 10.0. The van der Waals surface area contributed by atoms with Crippen LogP contribution < -0.4 is 10.2 Å². The molecule has 3 rings (SSSR count). The van der Waals surface area contributed by atoms with Crippen molar-refractivity contribution in [2.45, 2.75) is 25.8 Å². The number of carbonyl (C=O) groups is 1. The number of nitrogens with one attached hydrogen (secondary N) is 2. The number of anilines is 1. The van der Waals surface area contributed by atoms with Gasteiger partial charge in [-0.25, -0.2) is 0 Å². The van der Waals surface area contributed by atoms with E-state index >= 15 is 0 Å². The van der Waals surface area contributed by atoms with E-state index in [1.54, 1.807) is 12.1 Å². The minimum absolute atomic E-state index is 0.0278. The fraction of sp³-hybridized carbons (Fsp3) is 0.316. The van der Waals surface area contributed by atoms with E-state index in [4.69, 9.17) is 23.2 Å². The summed E-state index contributed by atoms with van der Waals surface area (Å²) in [7, 11) is 0. The van der Waals surface area contributed by atoms with Crippen molar-refractivity contribution in [1.82, 2.24) is 0 Å². The smallest absolute Gasteiger partial charge is 0.287 e. The predicted octanol–water partition coefficient (Wildman–Crippen LogP) is 3.66. The lowest BCUT2D eigenvalue weighted by Crippen LogP contribution is -3.11. The van der Waals surface area contributed by atoms with Crippen molar-refractivity contribution < 1.29 is 9.69 Å². The zero-order chi connectivity index (χ0) is 17.1. The number of halogens is 2. The van der Waals surface area contributed by atoms with Crippen LogP contribution in [0.3, 0.4) is 0 Å². The van der Waals surface area contributed by atoms with Gasteiger partial charge in [-0.15, -0.1) is 0 Å². The van der Waals surface area contributed by atoms with Crippen molar-refractivity contribution in [3.8, 4) is 0 Å². The van der Waals surface area contributed by atoms with Crippen LogP contribution in [0.25, 0.3) is 0 Å². The molecule has 126 valence electrons. The Morgan fingerprint density at radius 1 is 1.08 bits per heavy atom. The molecule has 0 aliphatic carbocycles. The van der Waals surface area contributed by atoms with Gasteiger partial charge in [0.1, 0.15) is 0 Å². The highest BCUT2D eigenvalue weighted by Gasteiger charge is 2.35. The minimum atomic E-state index is -0.321. The van der Waals surface area contributed by atoms with Gasteiger partial charge in [-0.1, -0.05) is 40.9 Å². The van der Waals surface area contributed by atoms with Crippen LogP contribution >= 0.6 is 23.2 Å². The fourth-order valence-corrected chi connectivity index (χ4v) is 3.77. The molecule has 3 nitrogen and oxygen atoms in total. The Morgan fingerprint density at radius 3 is 2.38 bits per heavy atom. The van der Waals surface area contributed by atoms with Gasteiger partial charge in [-0.2, -0.15) is 0 Å². The maximum Gasteiger partial charge on any atom is 0.287 e. The zero-order valence-electron chi connectivity index (χ0n) is 13.6. The third-order valence-corrected chi connectivity index (χ3v) is 5.07. The number of carbonyl (C=O) groups excluding carboxylic acids is 1. The summed E-state index contributed by atoms with van der Waals surface area (Å²) in [6.45, 7) is 3.98. The maximum atomic E-state index is 13.0. The molecule has 0 unspecified atom stereocenters. The second kappa shape index (κ2) is 7.56. The van der Waals surface area contributed by atoms with Crippen molar-refractivity contribution in [1.29, 1.82) is 0 Å². The van der Waals surface area contributed by atoms with Gasteiger partial charge in [0, 0.05) is 29.1 Å². The van der Waals surface area contributed by atoms with Gasteiger partial charge in [0.05, 0.1) is 18.1 Å². The molecule has 24 heavy (non-hydrogen) atoms. The third-order valence-electron chi connectivity index (χ3n) is 4.51. The summed E-state index contributed by atoms with van der Waals surface area (Å²) in [4.78, 5) is 14.3. The van der Waals surface area contributed by atoms with E-state index in [0.717, 1.165) is 42.7 Å². The quantitative estimate of drug-likeness (QED) is 0.853. The highest BCUT2D eigenvalue weighted by atomic mass is 35.5. The summed E-state index contributed by atoms with van der Waals surface area (Å²) >= 11 is 12.4. The minimum Gasteiger partial charge on any atom is -0.321 e. The molecule has 5 heteroatoms. The van der Waals surface area contributed by atoms with Crippen LogP contribution in [0.4, 0.5) is 5.69 Å². The number of likely N-dealkylation sites (tertiary alicyclic amines) is 1. The second-order valence-corrected chi connectivity index (χ2v) is 7.16. The number of aryl methyl sites for hydroxylation is 1. The van der Waals surface area contributed by atoms with Gasteiger partial charge >= 0.3 is 0 Å². The van der Waals surface area contributed by atoms with Crippen molar-refractivity contribution in [2.24, 2.45) is 0 Å². The van der Waals surface area contributed by atoms with Crippen molar-refractivity contribution in [3.63, 3.8) is 0 Å². The van der Waals surface area contributed by atoms with E-state index in [2.05, 4.69) is 5.32 Å². The summed E-state index contributed by atoms with van der Waals surface area (Å²) in [6, 6.07) is 12.9. The van der Waals surface area contributed by atoms with Crippen LogP contribution in [0, 0.1) is 6.92 Å². The monoisotopic (exact) mass is 363 g/mol. The molecule has 0 bridgehead atoms. The topological polar surface area (TPSA) is 33.5 Å². The molecule has 0 radical (unpaired) electrons. The van der Waals surface area contributed by atoms with E-state index in [0.29, 0.717) is 10.0 Å². The van der Waals surface area contributed by atoms with Crippen molar-refractivity contribution in [2.75, 3.05) is 18.4 Å². The molecule has 1 heterocycles. The number of hydrogen-bond donors (Lipinski definition) is 2. The Labute approximate surface area is 152 Å². The summed E-state index contributed by atoms with van der Waals surface area (Å²) < 4.78 is 0. The van der Waals surface area contributed by atoms with E-state index in [1.807, 2.05) is 37.3 Å². The SMILES string of the molecule is Cc1ccc(NC(=O)[C@@H](c2ccc(Cl)cc2Cl)[NH+]2CCCC2)cc1. The normalized spacial score (nSPS) is 16.1. The molecule has 0 spiro atoms. The molecule has 0 saturated carbocycles. The van der Waals surface area contributed by atoms with Crippen LogP contribution in [0.1, 0.15) is 30.0 Å². The summed E-state index contributed by atoms with van der Waals surface area (Å²) in [5, 5.41) is 4.16. The number of rotatable bonds is 4. The molecule has 2 aromatic rings. The van der Waals surface area contributed by atoms with Crippen LogP contribution in [-0.4, -0.2) is 19.0 Å². The maximum absolute atomic E-state index is 13.0. The van der Waals surface area contributed by atoms with Gasteiger partial charge < -0.3 is 10.2 Å².